The molecule has 0 radical (unpaired) electrons. The minimum absolute atomic E-state index is 0.00958. The van der Waals surface area contributed by atoms with E-state index in [1.807, 2.05) is 12.1 Å². The Bertz CT molecular complexity index is 1010. The Labute approximate surface area is 168 Å². The van der Waals surface area contributed by atoms with E-state index in [9.17, 15) is 9.59 Å². The number of amides is 1. The first-order valence-corrected chi connectivity index (χ1v) is 10.7. The fraction of sp³-hybridized carbons (Fsp3) is 0.545. The van der Waals surface area contributed by atoms with Crippen LogP contribution >= 0.6 is 0 Å². The first-order valence-electron chi connectivity index (χ1n) is 10.7. The maximum absolute atomic E-state index is 12.3. The molecule has 29 heavy (non-hydrogen) atoms. The van der Waals surface area contributed by atoms with Crippen molar-refractivity contribution in [1.29, 1.82) is 0 Å². The van der Waals surface area contributed by atoms with E-state index in [0.29, 0.717) is 11.7 Å². The molecule has 7 rings (SSSR count). The van der Waals surface area contributed by atoms with Crippen molar-refractivity contribution in [3.63, 3.8) is 0 Å². The third-order valence-electron chi connectivity index (χ3n) is 7.55. The van der Waals surface area contributed by atoms with Crippen LogP contribution in [0, 0.1) is 17.8 Å². The molecule has 2 heterocycles. The predicted molar refractivity (Wildman–Crippen MR) is 108 cm³/mol. The molecule has 2 aromatic heterocycles. The number of carbonyl (C=O) groups excluding carboxylic acids is 1. The molecule has 2 bridgehead atoms. The van der Waals surface area contributed by atoms with Crippen LogP contribution in [0.5, 0.6) is 0 Å². The lowest BCUT2D eigenvalue weighted by atomic mass is 9.50. The number of carbonyl (C=O) groups is 1. The summed E-state index contributed by atoms with van der Waals surface area (Å²) < 4.78 is 1.24. The van der Waals surface area contributed by atoms with Crippen molar-refractivity contribution in [1.82, 2.24) is 20.1 Å². The van der Waals surface area contributed by atoms with Gasteiger partial charge in [0.25, 0.3) is 5.56 Å². The first-order chi connectivity index (χ1) is 14.1. The second-order valence-corrected chi connectivity index (χ2v) is 9.44. The highest BCUT2D eigenvalue weighted by Gasteiger charge is 2.57. The van der Waals surface area contributed by atoms with Gasteiger partial charge in [-0.1, -0.05) is 0 Å². The molecule has 0 saturated heterocycles. The molecule has 0 spiro atoms. The summed E-state index contributed by atoms with van der Waals surface area (Å²) in [6, 6.07) is 7.65. The lowest BCUT2D eigenvalue weighted by molar-refractivity contribution is -0.133. The molecule has 3 atom stereocenters. The van der Waals surface area contributed by atoms with Crippen LogP contribution in [-0.2, 0) is 11.3 Å². The van der Waals surface area contributed by atoms with Gasteiger partial charge in [-0.15, -0.1) is 0 Å². The van der Waals surface area contributed by atoms with Gasteiger partial charge in [-0.3, -0.25) is 9.59 Å². The fourth-order valence-electron chi connectivity index (χ4n) is 5.53. The van der Waals surface area contributed by atoms with Crippen molar-refractivity contribution in [2.75, 3.05) is 5.32 Å². The molecule has 1 amide bonds. The molecule has 0 aromatic carbocycles. The monoisotopic (exact) mass is 391 g/mol. The third kappa shape index (κ3) is 2.86. The zero-order valence-corrected chi connectivity index (χ0v) is 16.3. The van der Waals surface area contributed by atoms with Crippen molar-refractivity contribution < 1.29 is 4.79 Å². The minimum Gasteiger partial charge on any atom is -0.367 e. The standard InChI is InChI=1S/C22H25N5O2/c28-20(25-22-8-13(9-22)10-22)12-27-21(29)6-4-17(26-27)15-2-5-19(23-11-15)24-18-7-14-1-3-16(14)18/h2,4-6,11,13-14,16,18H,1,3,7-10,12H2,(H,23,24)(H,25,28). The number of anilines is 1. The SMILES string of the molecule is O=C(Cn1nc(-c2ccc(NC3CC4CCC43)nc2)ccc1=O)NC12CC(C1)C2. The molecule has 5 aliphatic rings. The lowest BCUT2D eigenvalue weighted by Gasteiger charge is -2.61. The molecule has 2 N–H and O–H groups in total. The van der Waals surface area contributed by atoms with Gasteiger partial charge in [0, 0.05) is 29.4 Å². The maximum atomic E-state index is 12.3. The molecule has 5 fully saturated rings. The van der Waals surface area contributed by atoms with Crippen LogP contribution in [0.3, 0.4) is 0 Å². The van der Waals surface area contributed by atoms with Crippen LogP contribution in [-0.4, -0.2) is 32.3 Å². The normalized spacial score (nSPS) is 33.2. The molecular weight excluding hydrogens is 366 g/mol. The highest BCUT2D eigenvalue weighted by atomic mass is 16.2. The summed E-state index contributed by atoms with van der Waals surface area (Å²) in [4.78, 5) is 29.0. The molecule has 7 heteroatoms. The minimum atomic E-state index is -0.271. The molecule has 3 unspecified atom stereocenters. The van der Waals surface area contributed by atoms with Gasteiger partial charge in [-0.2, -0.15) is 5.10 Å². The summed E-state index contributed by atoms with van der Waals surface area (Å²) in [5, 5.41) is 11.0. The van der Waals surface area contributed by atoms with Crippen LogP contribution in [0.25, 0.3) is 11.3 Å². The number of fused-ring (bicyclic) bond motifs is 1. The van der Waals surface area contributed by atoms with Gasteiger partial charge in [-0.25, -0.2) is 9.67 Å². The van der Waals surface area contributed by atoms with E-state index < -0.39 is 0 Å². The summed E-state index contributed by atoms with van der Waals surface area (Å²) in [5.74, 6) is 3.31. The summed E-state index contributed by atoms with van der Waals surface area (Å²) in [6.07, 6.45) is 8.99. The average molecular weight is 391 g/mol. The summed E-state index contributed by atoms with van der Waals surface area (Å²) >= 11 is 0. The van der Waals surface area contributed by atoms with Crippen LogP contribution in [0.1, 0.15) is 38.5 Å². The van der Waals surface area contributed by atoms with E-state index in [0.717, 1.165) is 48.4 Å². The van der Waals surface area contributed by atoms with Crippen LogP contribution in [0.2, 0.25) is 0 Å². The quantitative estimate of drug-likeness (QED) is 0.788. The van der Waals surface area contributed by atoms with Crippen molar-refractivity contribution in [3.05, 3.63) is 40.8 Å². The smallest absolute Gasteiger partial charge is 0.267 e. The Kier molecular flexibility index (Phi) is 3.64. The van der Waals surface area contributed by atoms with E-state index in [1.165, 1.54) is 30.0 Å². The second-order valence-electron chi connectivity index (χ2n) is 9.44. The summed E-state index contributed by atoms with van der Waals surface area (Å²) in [5.41, 5.74) is 1.21. The molecule has 2 aromatic rings. The number of hydrogen-bond acceptors (Lipinski definition) is 5. The van der Waals surface area contributed by atoms with Gasteiger partial charge in [0.05, 0.1) is 5.69 Å². The zero-order valence-electron chi connectivity index (χ0n) is 16.3. The number of hydrogen-bond donors (Lipinski definition) is 2. The summed E-state index contributed by atoms with van der Waals surface area (Å²) in [7, 11) is 0. The Morgan fingerprint density at radius 1 is 1.17 bits per heavy atom. The Morgan fingerprint density at radius 3 is 2.62 bits per heavy atom. The largest absolute Gasteiger partial charge is 0.367 e. The Morgan fingerprint density at radius 2 is 2.03 bits per heavy atom. The summed E-state index contributed by atoms with van der Waals surface area (Å²) in [6.45, 7) is -0.0452. The lowest BCUT2D eigenvalue weighted by Crippen LogP contribution is -2.68. The van der Waals surface area contributed by atoms with Crippen LogP contribution in [0.15, 0.2) is 35.3 Å². The molecule has 7 nitrogen and oxygen atoms in total. The van der Waals surface area contributed by atoms with Gasteiger partial charge in [0.2, 0.25) is 5.91 Å². The number of nitrogens with zero attached hydrogens (tertiary/aromatic N) is 3. The van der Waals surface area contributed by atoms with E-state index >= 15 is 0 Å². The van der Waals surface area contributed by atoms with E-state index in [1.54, 1.807) is 12.3 Å². The van der Waals surface area contributed by atoms with Gasteiger partial charge in [-0.05, 0) is 74.5 Å². The van der Waals surface area contributed by atoms with Gasteiger partial charge in [0.15, 0.2) is 0 Å². The van der Waals surface area contributed by atoms with Gasteiger partial charge in [0.1, 0.15) is 12.4 Å². The van der Waals surface area contributed by atoms with Gasteiger partial charge >= 0.3 is 0 Å². The molecule has 150 valence electrons. The molecule has 5 aliphatic carbocycles. The van der Waals surface area contributed by atoms with Crippen molar-refractivity contribution >= 4 is 11.7 Å². The van der Waals surface area contributed by atoms with Crippen LogP contribution < -0.4 is 16.2 Å². The molecule has 5 saturated carbocycles. The topological polar surface area (TPSA) is 88.9 Å². The highest BCUT2D eigenvalue weighted by molar-refractivity contribution is 5.77. The Balaban J connectivity index is 1.14. The van der Waals surface area contributed by atoms with Crippen molar-refractivity contribution in [2.24, 2.45) is 17.8 Å². The number of pyridine rings is 1. The zero-order chi connectivity index (χ0) is 19.6. The number of nitrogens with one attached hydrogen (secondary N) is 2. The van der Waals surface area contributed by atoms with E-state index in [2.05, 4.69) is 20.7 Å². The van der Waals surface area contributed by atoms with Crippen molar-refractivity contribution in [2.45, 2.75) is 56.7 Å². The maximum Gasteiger partial charge on any atom is 0.267 e. The predicted octanol–water partition coefficient (Wildman–Crippen LogP) is 2.18. The second kappa shape index (κ2) is 6.15. The molecular formula is C22H25N5O2. The first kappa shape index (κ1) is 17.2. The molecule has 0 aliphatic heterocycles. The number of aromatic nitrogens is 3. The average Bonchev–Trinajstić information content (AvgIpc) is 2.63. The van der Waals surface area contributed by atoms with E-state index in [-0.39, 0.29) is 23.6 Å². The highest BCUT2D eigenvalue weighted by Crippen LogP contribution is 2.56. The fourth-order valence-corrected chi connectivity index (χ4v) is 5.53. The van der Waals surface area contributed by atoms with Gasteiger partial charge < -0.3 is 10.6 Å². The van der Waals surface area contributed by atoms with Crippen molar-refractivity contribution in [3.8, 4) is 11.3 Å². The number of rotatable bonds is 6. The Hall–Kier alpha value is -2.70. The van der Waals surface area contributed by atoms with Crippen LogP contribution in [0.4, 0.5) is 5.82 Å². The third-order valence-corrected chi connectivity index (χ3v) is 7.55. The van der Waals surface area contributed by atoms with E-state index in [4.69, 9.17) is 0 Å².